The van der Waals surface area contributed by atoms with Crippen molar-refractivity contribution in [3.8, 4) is 0 Å². The van der Waals surface area contributed by atoms with Crippen molar-refractivity contribution in [1.82, 2.24) is 4.98 Å². The number of pyridine rings is 1. The molecule has 65 valence electrons. The van der Waals surface area contributed by atoms with Gasteiger partial charge in [-0.1, -0.05) is 30.3 Å². The van der Waals surface area contributed by atoms with E-state index in [0.29, 0.717) is 0 Å². The van der Waals surface area contributed by atoms with Crippen molar-refractivity contribution in [2.24, 2.45) is 0 Å². The second kappa shape index (κ2) is 2.81. The maximum Gasteiger partial charge on any atom is 0.0352 e. The summed E-state index contributed by atoms with van der Waals surface area (Å²) in [5.74, 6) is 0. The van der Waals surface area contributed by atoms with Crippen molar-refractivity contribution < 1.29 is 0 Å². The average molecular weight is 178 g/mol. The summed E-state index contributed by atoms with van der Waals surface area (Å²) in [7, 11) is 0. The van der Waals surface area contributed by atoms with E-state index in [9.17, 15) is 0 Å². The number of hydrogen-bond donors (Lipinski definition) is 0. The van der Waals surface area contributed by atoms with Crippen LogP contribution in [-0.4, -0.2) is 4.98 Å². The molecule has 0 unspecified atom stereocenters. The first kappa shape index (κ1) is 7.51. The van der Waals surface area contributed by atoms with Gasteiger partial charge in [0.2, 0.25) is 0 Å². The zero-order chi connectivity index (χ0) is 9.38. The Morgan fingerprint density at radius 3 is 3.00 bits per heavy atom. The van der Waals surface area contributed by atoms with Crippen LogP contribution in [0.25, 0.3) is 21.5 Å². The van der Waals surface area contributed by atoms with Gasteiger partial charge in [-0.3, -0.25) is 4.98 Å². The van der Waals surface area contributed by atoms with Gasteiger partial charge >= 0.3 is 0 Å². The first-order chi connectivity index (χ1) is 6.95. The van der Waals surface area contributed by atoms with E-state index in [-0.39, 0.29) is 0 Å². The summed E-state index contributed by atoms with van der Waals surface area (Å²) in [6.07, 6.45) is 3.73. The molecule has 0 N–H and O–H groups in total. The number of fused-ring (bicyclic) bond motifs is 3. The number of rotatable bonds is 0. The van der Waals surface area contributed by atoms with Crippen LogP contribution in [0, 0.1) is 6.07 Å². The van der Waals surface area contributed by atoms with Gasteiger partial charge in [0, 0.05) is 17.8 Å². The molecule has 2 aromatic carbocycles. The predicted octanol–water partition coefficient (Wildman–Crippen LogP) is 3.19. The second-order valence-electron chi connectivity index (χ2n) is 3.29. The Labute approximate surface area is 82.0 Å². The molecule has 1 heteroatoms. The monoisotopic (exact) mass is 178 g/mol. The highest BCUT2D eigenvalue weighted by molar-refractivity contribution is 6.06. The molecule has 0 atom stereocenters. The highest BCUT2D eigenvalue weighted by Crippen LogP contribution is 2.23. The van der Waals surface area contributed by atoms with Crippen LogP contribution in [0.4, 0.5) is 0 Å². The lowest BCUT2D eigenvalue weighted by atomic mass is 10.0. The molecule has 14 heavy (non-hydrogen) atoms. The fourth-order valence-electron chi connectivity index (χ4n) is 1.77. The van der Waals surface area contributed by atoms with Crippen LogP contribution < -0.4 is 0 Å². The molecule has 0 spiro atoms. The average Bonchev–Trinajstić information content (AvgIpc) is 2.29. The Balaban J connectivity index is 2.61. The molecule has 3 rings (SSSR count). The lowest BCUT2D eigenvalue weighted by molar-refractivity contribution is 1.37. The molecule has 0 aliphatic rings. The van der Waals surface area contributed by atoms with Gasteiger partial charge in [-0.25, -0.2) is 0 Å². The SMILES string of the molecule is [c]1cccc2c1ccc1ccncc12. The molecule has 0 amide bonds. The van der Waals surface area contributed by atoms with Crippen molar-refractivity contribution in [3.05, 3.63) is 54.9 Å². The Bertz CT molecular complexity index is 544. The Kier molecular flexibility index (Phi) is 1.51. The first-order valence-corrected chi connectivity index (χ1v) is 4.58. The van der Waals surface area contributed by atoms with Crippen molar-refractivity contribution in [1.29, 1.82) is 0 Å². The Morgan fingerprint density at radius 1 is 1.00 bits per heavy atom. The minimum absolute atomic E-state index is 1.15. The highest BCUT2D eigenvalue weighted by atomic mass is 14.6. The highest BCUT2D eigenvalue weighted by Gasteiger charge is 1.98. The van der Waals surface area contributed by atoms with Crippen LogP contribution in [0.15, 0.2) is 48.8 Å². The van der Waals surface area contributed by atoms with Crippen molar-refractivity contribution in [2.45, 2.75) is 0 Å². The molecular formula is C13H8N. The number of aromatic nitrogens is 1. The standard InChI is InChI=1S/C13H8N/c1-2-4-12-10(3-1)5-6-11-7-8-14-9-13(11)12/h1-2,4-9H. The smallest absolute Gasteiger partial charge is 0.0352 e. The van der Waals surface area contributed by atoms with Gasteiger partial charge in [-0.15, -0.1) is 0 Å². The second-order valence-corrected chi connectivity index (χ2v) is 3.29. The van der Waals surface area contributed by atoms with E-state index in [4.69, 9.17) is 0 Å². The fraction of sp³-hybridized carbons (Fsp3) is 0. The van der Waals surface area contributed by atoms with Gasteiger partial charge in [0.25, 0.3) is 0 Å². The van der Waals surface area contributed by atoms with Crippen molar-refractivity contribution in [2.75, 3.05) is 0 Å². The summed E-state index contributed by atoms with van der Waals surface area (Å²) in [6.45, 7) is 0. The third kappa shape index (κ3) is 0.990. The molecule has 0 aliphatic carbocycles. The molecule has 0 saturated heterocycles. The van der Waals surface area contributed by atoms with E-state index in [2.05, 4.69) is 29.2 Å². The van der Waals surface area contributed by atoms with Crippen molar-refractivity contribution in [3.63, 3.8) is 0 Å². The Hall–Kier alpha value is -1.89. The molecule has 1 nitrogen and oxygen atoms in total. The fourth-order valence-corrected chi connectivity index (χ4v) is 1.77. The summed E-state index contributed by atoms with van der Waals surface area (Å²) in [6, 6.07) is 15.5. The van der Waals surface area contributed by atoms with Crippen molar-refractivity contribution >= 4 is 21.5 Å². The van der Waals surface area contributed by atoms with E-state index >= 15 is 0 Å². The zero-order valence-corrected chi connectivity index (χ0v) is 7.57. The predicted molar refractivity (Wildman–Crippen MR) is 58.1 cm³/mol. The Morgan fingerprint density at radius 2 is 2.00 bits per heavy atom. The summed E-state index contributed by atoms with van der Waals surface area (Å²) >= 11 is 0. The van der Waals surface area contributed by atoms with Gasteiger partial charge in [0.05, 0.1) is 0 Å². The van der Waals surface area contributed by atoms with Crippen LogP contribution in [-0.2, 0) is 0 Å². The molecule has 1 heterocycles. The maximum atomic E-state index is 4.15. The topological polar surface area (TPSA) is 12.9 Å². The van der Waals surface area contributed by atoms with Gasteiger partial charge in [0.15, 0.2) is 0 Å². The molecule has 1 aromatic heterocycles. The first-order valence-electron chi connectivity index (χ1n) is 4.58. The third-order valence-corrected chi connectivity index (χ3v) is 2.46. The normalized spacial score (nSPS) is 10.9. The van der Waals surface area contributed by atoms with Gasteiger partial charge < -0.3 is 0 Å². The minimum Gasteiger partial charge on any atom is -0.264 e. The lowest BCUT2D eigenvalue weighted by Gasteiger charge is -2.01. The third-order valence-electron chi connectivity index (χ3n) is 2.46. The minimum atomic E-state index is 1.15. The van der Waals surface area contributed by atoms with Crippen LogP contribution in [0.3, 0.4) is 0 Å². The summed E-state index contributed by atoms with van der Waals surface area (Å²) in [5.41, 5.74) is 0. The molecule has 0 aliphatic heterocycles. The number of hydrogen-bond acceptors (Lipinski definition) is 1. The van der Waals surface area contributed by atoms with Crippen LogP contribution >= 0.6 is 0 Å². The zero-order valence-electron chi connectivity index (χ0n) is 7.57. The summed E-state index contributed by atoms with van der Waals surface area (Å²) in [5, 5.41) is 4.79. The molecule has 3 aromatic rings. The van der Waals surface area contributed by atoms with E-state index in [1.54, 1.807) is 0 Å². The largest absolute Gasteiger partial charge is 0.264 e. The van der Waals surface area contributed by atoms with Gasteiger partial charge in [-0.2, -0.15) is 0 Å². The quantitative estimate of drug-likeness (QED) is 0.482. The molecular weight excluding hydrogens is 170 g/mol. The van der Waals surface area contributed by atoms with E-state index in [0.717, 1.165) is 5.39 Å². The number of nitrogens with zero attached hydrogens (tertiary/aromatic N) is 1. The summed E-state index contributed by atoms with van der Waals surface area (Å²) < 4.78 is 0. The molecule has 0 fully saturated rings. The van der Waals surface area contributed by atoms with E-state index in [1.165, 1.54) is 16.2 Å². The van der Waals surface area contributed by atoms with E-state index in [1.807, 2.05) is 30.6 Å². The van der Waals surface area contributed by atoms with Crippen LogP contribution in [0.5, 0.6) is 0 Å². The van der Waals surface area contributed by atoms with E-state index < -0.39 is 0 Å². The van der Waals surface area contributed by atoms with Crippen LogP contribution in [0.1, 0.15) is 0 Å². The van der Waals surface area contributed by atoms with Crippen LogP contribution in [0.2, 0.25) is 0 Å². The summed E-state index contributed by atoms with van der Waals surface area (Å²) in [4.78, 5) is 4.15. The molecule has 0 bridgehead atoms. The van der Waals surface area contributed by atoms with Gasteiger partial charge in [0.1, 0.15) is 0 Å². The lowest BCUT2D eigenvalue weighted by Crippen LogP contribution is -1.78. The maximum absolute atomic E-state index is 4.15. The molecule has 0 saturated carbocycles. The molecule has 1 radical (unpaired) electrons. The van der Waals surface area contributed by atoms with Gasteiger partial charge in [-0.05, 0) is 28.3 Å². The number of benzene rings is 2.